The van der Waals surface area contributed by atoms with Crippen molar-refractivity contribution in [3.8, 4) is 0 Å². The quantitative estimate of drug-likeness (QED) is 0.908. The molecular formula is C14H15ClFN3. The monoisotopic (exact) mass is 279 g/mol. The van der Waals surface area contributed by atoms with Crippen LogP contribution >= 0.6 is 11.6 Å². The first kappa shape index (κ1) is 13.8. The summed E-state index contributed by atoms with van der Waals surface area (Å²) < 4.78 is 13.3. The van der Waals surface area contributed by atoms with Crippen LogP contribution in [0.4, 0.5) is 10.2 Å². The number of pyridine rings is 1. The Hall–Kier alpha value is -1.65. The van der Waals surface area contributed by atoms with Crippen LogP contribution < -0.4 is 11.1 Å². The maximum atomic E-state index is 13.3. The molecule has 0 bridgehead atoms. The van der Waals surface area contributed by atoms with Gasteiger partial charge in [0.2, 0.25) is 0 Å². The summed E-state index contributed by atoms with van der Waals surface area (Å²) in [5.41, 5.74) is 8.17. The molecule has 3 nitrogen and oxygen atoms in total. The van der Waals surface area contributed by atoms with Gasteiger partial charge in [0.05, 0.1) is 11.1 Å². The standard InChI is InChI=1S/C14H15ClFN3/c1-8-5-9(3-4-12(8)16)13(18-2)11-6-10(15)7-19-14(11)17/h3-7,13,18H,1-2H3,(H2,17,19). The topological polar surface area (TPSA) is 50.9 Å². The molecule has 0 saturated carbocycles. The predicted octanol–water partition coefficient (Wildman–Crippen LogP) is 3.07. The van der Waals surface area contributed by atoms with Gasteiger partial charge >= 0.3 is 0 Å². The van der Waals surface area contributed by atoms with Gasteiger partial charge in [0.1, 0.15) is 11.6 Å². The Morgan fingerprint density at radius 3 is 2.74 bits per heavy atom. The summed E-state index contributed by atoms with van der Waals surface area (Å²) in [6.07, 6.45) is 1.50. The van der Waals surface area contributed by atoms with E-state index in [4.69, 9.17) is 17.3 Å². The minimum atomic E-state index is -0.226. The molecule has 3 N–H and O–H groups in total. The fraction of sp³-hybridized carbons (Fsp3) is 0.214. The van der Waals surface area contributed by atoms with Crippen LogP contribution in [0.3, 0.4) is 0 Å². The number of hydrogen-bond donors (Lipinski definition) is 2. The zero-order valence-electron chi connectivity index (χ0n) is 10.7. The van der Waals surface area contributed by atoms with Gasteiger partial charge in [-0.2, -0.15) is 0 Å². The minimum Gasteiger partial charge on any atom is -0.383 e. The van der Waals surface area contributed by atoms with Crippen molar-refractivity contribution >= 4 is 17.4 Å². The first-order valence-electron chi connectivity index (χ1n) is 5.87. The number of hydrogen-bond acceptors (Lipinski definition) is 3. The lowest BCUT2D eigenvalue weighted by molar-refractivity contribution is 0.614. The molecule has 1 atom stereocenters. The van der Waals surface area contributed by atoms with Crippen molar-refractivity contribution in [2.45, 2.75) is 13.0 Å². The van der Waals surface area contributed by atoms with Crippen LogP contribution in [0.2, 0.25) is 5.02 Å². The third-order valence-electron chi connectivity index (χ3n) is 3.03. The van der Waals surface area contributed by atoms with E-state index in [1.54, 1.807) is 25.1 Å². The first-order chi connectivity index (χ1) is 9.02. The Balaban J connectivity index is 2.49. The first-order valence-corrected chi connectivity index (χ1v) is 6.25. The van der Waals surface area contributed by atoms with Crippen LogP contribution in [-0.2, 0) is 0 Å². The summed E-state index contributed by atoms with van der Waals surface area (Å²) in [4.78, 5) is 4.04. The smallest absolute Gasteiger partial charge is 0.128 e. The lowest BCUT2D eigenvalue weighted by Gasteiger charge is -2.19. The summed E-state index contributed by atoms with van der Waals surface area (Å²) in [5, 5.41) is 3.67. The van der Waals surface area contributed by atoms with Gasteiger partial charge in [-0.1, -0.05) is 23.7 Å². The molecule has 0 aliphatic carbocycles. The number of nitrogens with one attached hydrogen (secondary N) is 1. The fourth-order valence-corrected chi connectivity index (χ4v) is 2.21. The second kappa shape index (κ2) is 5.55. The molecule has 0 aliphatic heterocycles. The van der Waals surface area contributed by atoms with Gasteiger partial charge in [-0.05, 0) is 37.2 Å². The molecule has 100 valence electrons. The number of nitrogens with zero attached hydrogens (tertiary/aromatic N) is 1. The number of aromatic nitrogens is 1. The predicted molar refractivity (Wildman–Crippen MR) is 75.7 cm³/mol. The number of rotatable bonds is 3. The number of nitrogen functional groups attached to an aromatic ring is 1. The van der Waals surface area contributed by atoms with Crippen LogP contribution in [0.15, 0.2) is 30.5 Å². The van der Waals surface area contributed by atoms with Crippen LogP contribution in [0.5, 0.6) is 0 Å². The molecule has 2 aromatic rings. The van der Waals surface area contributed by atoms with E-state index in [0.29, 0.717) is 16.4 Å². The van der Waals surface area contributed by atoms with E-state index in [0.717, 1.165) is 11.1 Å². The van der Waals surface area contributed by atoms with Crippen LogP contribution in [0, 0.1) is 12.7 Å². The number of nitrogens with two attached hydrogens (primary N) is 1. The number of benzene rings is 1. The van der Waals surface area contributed by atoms with Crippen molar-refractivity contribution in [1.29, 1.82) is 0 Å². The third kappa shape index (κ3) is 2.85. The Morgan fingerprint density at radius 1 is 1.37 bits per heavy atom. The van der Waals surface area contributed by atoms with Gasteiger partial charge in [0.15, 0.2) is 0 Å². The second-order valence-electron chi connectivity index (χ2n) is 4.36. The number of aryl methyl sites for hydroxylation is 1. The zero-order valence-corrected chi connectivity index (χ0v) is 11.5. The molecule has 0 saturated heterocycles. The highest BCUT2D eigenvalue weighted by Crippen LogP contribution is 2.28. The van der Waals surface area contributed by atoms with E-state index in [1.165, 1.54) is 12.3 Å². The summed E-state index contributed by atoms with van der Waals surface area (Å²) in [5.74, 6) is 0.182. The van der Waals surface area contributed by atoms with Crippen molar-refractivity contribution in [2.24, 2.45) is 0 Å². The molecule has 1 heterocycles. The fourth-order valence-electron chi connectivity index (χ4n) is 2.05. The van der Waals surface area contributed by atoms with Gasteiger partial charge in [-0.15, -0.1) is 0 Å². The van der Waals surface area contributed by atoms with Gasteiger partial charge in [-0.25, -0.2) is 9.37 Å². The summed E-state index contributed by atoms with van der Waals surface area (Å²) in [6, 6.07) is 6.55. The second-order valence-corrected chi connectivity index (χ2v) is 4.79. The van der Waals surface area contributed by atoms with Crippen LogP contribution in [0.1, 0.15) is 22.7 Å². The van der Waals surface area contributed by atoms with E-state index in [2.05, 4.69) is 10.3 Å². The molecule has 1 unspecified atom stereocenters. The van der Waals surface area contributed by atoms with E-state index >= 15 is 0 Å². The highest BCUT2D eigenvalue weighted by Gasteiger charge is 2.17. The molecule has 19 heavy (non-hydrogen) atoms. The molecule has 0 fully saturated rings. The molecule has 1 aromatic carbocycles. The molecule has 2 rings (SSSR count). The zero-order chi connectivity index (χ0) is 14.0. The third-order valence-corrected chi connectivity index (χ3v) is 3.24. The van der Waals surface area contributed by atoms with Gasteiger partial charge in [0, 0.05) is 11.8 Å². The average molecular weight is 280 g/mol. The number of anilines is 1. The Bertz CT molecular complexity index is 601. The van der Waals surface area contributed by atoms with Crippen molar-refractivity contribution in [3.63, 3.8) is 0 Å². The van der Waals surface area contributed by atoms with E-state index in [-0.39, 0.29) is 11.9 Å². The lowest BCUT2D eigenvalue weighted by Crippen LogP contribution is -2.19. The summed E-state index contributed by atoms with van der Waals surface area (Å²) >= 11 is 5.96. The summed E-state index contributed by atoms with van der Waals surface area (Å²) in [6.45, 7) is 1.73. The lowest BCUT2D eigenvalue weighted by atomic mass is 9.98. The van der Waals surface area contributed by atoms with E-state index in [1.807, 2.05) is 7.05 Å². The Kier molecular flexibility index (Phi) is 4.02. The Morgan fingerprint density at radius 2 is 2.11 bits per heavy atom. The molecule has 0 amide bonds. The average Bonchev–Trinajstić information content (AvgIpc) is 2.38. The highest BCUT2D eigenvalue weighted by atomic mass is 35.5. The largest absolute Gasteiger partial charge is 0.383 e. The molecule has 0 spiro atoms. The minimum absolute atomic E-state index is 0.175. The van der Waals surface area contributed by atoms with Gasteiger partial charge < -0.3 is 11.1 Å². The maximum absolute atomic E-state index is 13.3. The highest BCUT2D eigenvalue weighted by molar-refractivity contribution is 6.30. The van der Waals surface area contributed by atoms with E-state index < -0.39 is 0 Å². The van der Waals surface area contributed by atoms with Crippen molar-refractivity contribution in [2.75, 3.05) is 12.8 Å². The maximum Gasteiger partial charge on any atom is 0.128 e. The van der Waals surface area contributed by atoms with Crippen molar-refractivity contribution in [1.82, 2.24) is 10.3 Å². The van der Waals surface area contributed by atoms with Crippen LogP contribution in [0.25, 0.3) is 0 Å². The SMILES string of the molecule is CNC(c1ccc(F)c(C)c1)c1cc(Cl)cnc1N. The molecule has 5 heteroatoms. The van der Waals surface area contributed by atoms with E-state index in [9.17, 15) is 4.39 Å². The molecular weight excluding hydrogens is 265 g/mol. The van der Waals surface area contributed by atoms with Crippen LogP contribution in [-0.4, -0.2) is 12.0 Å². The molecule has 0 aliphatic rings. The molecule has 0 radical (unpaired) electrons. The van der Waals surface area contributed by atoms with Crippen molar-refractivity contribution in [3.05, 3.63) is 58.0 Å². The normalized spacial score (nSPS) is 12.4. The molecule has 1 aromatic heterocycles. The van der Waals surface area contributed by atoms with Gasteiger partial charge in [0.25, 0.3) is 0 Å². The van der Waals surface area contributed by atoms with Crippen molar-refractivity contribution < 1.29 is 4.39 Å². The summed E-state index contributed by atoms with van der Waals surface area (Å²) in [7, 11) is 1.81. The Labute approximate surface area is 116 Å². The number of halogens is 2. The van der Waals surface area contributed by atoms with Gasteiger partial charge in [-0.3, -0.25) is 0 Å².